The van der Waals surface area contributed by atoms with Crippen molar-refractivity contribution in [2.75, 3.05) is 0 Å². The summed E-state index contributed by atoms with van der Waals surface area (Å²) in [4.78, 5) is 23.3. The molecule has 9 heteroatoms. The number of furan rings is 1. The molecule has 0 amide bonds. The molecule has 1 aromatic carbocycles. The molecule has 0 aliphatic rings. The number of nitrogens with one attached hydrogen (secondary N) is 1. The van der Waals surface area contributed by atoms with Gasteiger partial charge in [-0.15, -0.1) is 0 Å². The largest absolute Gasteiger partial charge is 0.455 e. The molecule has 1 N–H and O–H groups in total. The van der Waals surface area contributed by atoms with Crippen molar-refractivity contribution < 1.29 is 9.34 Å². The molecule has 0 aliphatic heterocycles. The second-order valence-corrected chi connectivity index (χ2v) is 6.24. The van der Waals surface area contributed by atoms with Crippen molar-refractivity contribution in [3.8, 4) is 11.3 Å². The smallest absolute Gasteiger partial charge is 0.269 e. The van der Waals surface area contributed by atoms with E-state index < -0.39 is 4.92 Å². The summed E-state index contributed by atoms with van der Waals surface area (Å²) < 4.78 is 5.75. The molecule has 0 radical (unpaired) electrons. The van der Waals surface area contributed by atoms with Crippen LogP contribution in [0.2, 0.25) is 0 Å². The van der Waals surface area contributed by atoms with Crippen LogP contribution in [0.4, 0.5) is 11.5 Å². The fraction of sp³-hybridized carbons (Fsp3) is 0. The van der Waals surface area contributed by atoms with Crippen LogP contribution in [-0.4, -0.2) is 26.9 Å². The van der Waals surface area contributed by atoms with Gasteiger partial charge in [-0.25, -0.2) is 9.98 Å². The van der Waals surface area contributed by atoms with Gasteiger partial charge in [-0.05, 0) is 48.5 Å². The van der Waals surface area contributed by atoms with Gasteiger partial charge in [-0.3, -0.25) is 20.5 Å². The number of aromatic nitrogens is 2. The van der Waals surface area contributed by atoms with Gasteiger partial charge in [0.2, 0.25) is 0 Å². The first-order valence-corrected chi connectivity index (χ1v) is 9.24. The summed E-state index contributed by atoms with van der Waals surface area (Å²) in [5, 5.41) is 15.0. The minimum Gasteiger partial charge on any atom is -0.455 e. The van der Waals surface area contributed by atoms with Crippen LogP contribution in [0.1, 0.15) is 11.5 Å². The van der Waals surface area contributed by atoms with E-state index in [-0.39, 0.29) is 5.69 Å². The van der Waals surface area contributed by atoms with Gasteiger partial charge in [0.1, 0.15) is 17.2 Å². The molecule has 0 saturated carbocycles. The summed E-state index contributed by atoms with van der Waals surface area (Å²) >= 11 is 0. The highest BCUT2D eigenvalue weighted by Crippen LogP contribution is 2.24. The van der Waals surface area contributed by atoms with E-state index in [1.165, 1.54) is 18.3 Å². The fourth-order valence-corrected chi connectivity index (χ4v) is 2.66. The second kappa shape index (κ2) is 9.23. The zero-order valence-corrected chi connectivity index (χ0v) is 16.1. The molecule has 9 nitrogen and oxygen atoms in total. The van der Waals surface area contributed by atoms with E-state index in [1.807, 2.05) is 30.3 Å². The molecule has 3 heterocycles. The predicted molar refractivity (Wildman–Crippen MR) is 116 cm³/mol. The molecule has 0 saturated heterocycles. The lowest BCUT2D eigenvalue weighted by molar-refractivity contribution is -0.384. The van der Waals surface area contributed by atoms with Crippen LogP contribution < -0.4 is 5.43 Å². The first-order valence-electron chi connectivity index (χ1n) is 9.24. The minimum absolute atomic E-state index is 0.0236. The average Bonchev–Trinajstić information content (AvgIpc) is 3.29. The Labute approximate surface area is 177 Å². The van der Waals surface area contributed by atoms with Crippen LogP contribution in [0.3, 0.4) is 0 Å². The summed E-state index contributed by atoms with van der Waals surface area (Å²) in [5.41, 5.74) is 4.24. The Morgan fingerprint density at radius 1 is 0.968 bits per heavy atom. The molecular formula is C22H16N6O3. The summed E-state index contributed by atoms with van der Waals surface area (Å²) in [6.45, 7) is 0. The molecule has 0 fully saturated rings. The number of nitrogens with zero attached hydrogens (tertiary/aromatic N) is 5. The number of hydrogen-bond acceptors (Lipinski definition) is 7. The summed E-state index contributed by atoms with van der Waals surface area (Å²) in [5.74, 6) is 2.02. The lowest BCUT2D eigenvalue weighted by Crippen LogP contribution is -2.20. The third-order valence-electron chi connectivity index (χ3n) is 4.13. The van der Waals surface area contributed by atoms with Crippen LogP contribution in [0, 0.1) is 10.1 Å². The highest BCUT2D eigenvalue weighted by atomic mass is 16.6. The number of pyridine rings is 2. The number of non-ortho nitro benzene ring substituents is 1. The first kappa shape index (κ1) is 19.6. The van der Waals surface area contributed by atoms with E-state index in [2.05, 4.69) is 25.5 Å². The predicted octanol–water partition coefficient (Wildman–Crippen LogP) is 4.35. The SMILES string of the molecule is O=[N+]([O-])c1ccc(-c2ccc(/C=N\NC(=Nc3ccccn3)c3ccccn3)o2)cc1. The van der Waals surface area contributed by atoms with Crippen LogP contribution in [-0.2, 0) is 0 Å². The van der Waals surface area contributed by atoms with Crippen molar-refractivity contribution in [1.82, 2.24) is 15.4 Å². The Bertz CT molecular complexity index is 1220. The third-order valence-corrected chi connectivity index (χ3v) is 4.13. The van der Waals surface area contributed by atoms with Gasteiger partial charge in [-0.1, -0.05) is 12.1 Å². The standard InChI is InChI=1S/C22H16N6O3/c29-28(30)17-9-7-16(8-10-17)20-12-11-18(31-20)15-25-27-22(19-5-1-3-13-23-19)26-21-6-2-4-14-24-21/h1-15H,(H,24,26,27)/b25-15-. The maximum atomic E-state index is 10.8. The third kappa shape index (κ3) is 5.04. The van der Waals surface area contributed by atoms with Gasteiger partial charge in [0.25, 0.3) is 5.69 Å². The summed E-state index contributed by atoms with van der Waals surface area (Å²) in [7, 11) is 0. The Kier molecular flexibility index (Phi) is 5.85. The van der Waals surface area contributed by atoms with Crippen molar-refractivity contribution in [1.29, 1.82) is 0 Å². The van der Waals surface area contributed by atoms with Crippen molar-refractivity contribution in [3.63, 3.8) is 0 Å². The van der Waals surface area contributed by atoms with Gasteiger partial charge >= 0.3 is 0 Å². The summed E-state index contributed by atoms with van der Waals surface area (Å²) in [6, 6.07) is 20.5. The van der Waals surface area contributed by atoms with Gasteiger partial charge in [0, 0.05) is 30.1 Å². The van der Waals surface area contributed by atoms with E-state index >= 15 is 0 Å². The van der Waals surface area contributed by atoms with E-state index in [9.17, 15) is 10.1 Å². The molecule has 0 bridgehead atoms. The lowest BCUT2D eigenvalue weighted by Gasteiger charge is -2.04. The quantitative estimate of drug-likeness (QED) is 0.218. The Morgan fingerprint density at radius 2 is 1.74 bits per heavy atom. The number of nitro groups is 1. The first-order chi connectivity index (χ1) is 15.2. The van der Waals surface area contributed by atoms with Gasteiger partial charge in [0.05, 0.1) is 11.1 Å². The fourth-order valence-electron chi connectivity index (χ4n) is 2.66. The molecule has 0 unspecified atom stereocenters. The minimum atomic E-state index is -0.443. The molecule has 0 spiro atoms. The Balaban J connectivity index is 1.51. The zero-order valence-electron chi connectivity index (χ0n) is 16.1. The van der Waals surface area contributed by atoms with E-state index in [4.69, 9.17) is 4.42 Å². The van der Waals surface area contributed by atoms with E-state index in [1.54, 1.807) is 42.7 Å². The number of benzene rings is 1. The van der Waals surface area contributed by atoms with Crippen molar-refractivity contribution in [2.24, 2.45) is 10.1 Å². The average molecular weight is 412 g/mol. The molecular weight excluding hydrogens is 396 g/mol. The topological polar surface area (TPSA) is 119 Å². The highest BCUT2D eigenvalue weighted by Gasteiger charge is 2.08. The molecule has 4 aromatic rings. The highest BCUT2D eigenvalue weighted by molar-refractivity contribution is 5.98. The zero-order chi connectivity index (χ0) is 21.5. The normalized spacial score (nSPS) is 11.5. The number of rotatable bonds is 6. The van der Waals surface area contributed by atoms with Crippen LogP contribution in [0.25, 0.3) is 11.3 Å². The lowest BCUT2D eigenvalue weighted by atomic mass is 10.1. The number of nitro benzene ring substituents is 1. The van der Waals surface area contributed by atoms with Crippen LogP contribution in [0.15, 0.2) is 99.7 Å². The maximum absolute atomic E-state index is 10.8. The van der Waals surface area contributed by atoms with Crippen LogP contribution >= 0.6 is 0 Å². The van der Waals surface area contributed by atoms with Crippen molar-refractivity contribution >= 4 is 23.6 Å². The maximum Gasteiger partial charge on any atom is 0.269 e. The van der Waals surface area contributed by atoms with Crippen molar-refractivity contribution in [3.05, 3.63) is 107 Å². The number of hydrogen-bond donors (Lipinski definition) is 1. The number of hydrazone groups is 1. The molecule has 152 valence electrons. The van der Waals surface area contributed by atoms with E-state index in [0.29, 0.717) is 28.9 Å². The molecule has 4 rings (SSSR count). The molecule has 31 heavy (non-hydrogen) atoms. The van der Waals surface area contributed by atoms with Crippen LogP contribution in [0.5, 0.6) is 0 Å². The summed E-state index contributed by atoms with van der Waals surface area (Å²) in [6.07, 6.45) is 4.82. The van der Waals surface area contributed by atoms with E-state index in [0.717, 1.165) is 5.56 Å². The Hall–Kier alpha value is -4.66. The molecule has 0 atom stereocenters. The van der Waals surface area contributed by atoms with Gasteiger partial charge in [-0.2, -0.15) is 5.10 Å². The van der Waals surface area contributed by atoms with Gasteiger partial charge in [0.15, 0.2) is 11.7 Å². The number of aliphatic imine (C=N–C) groups is 1. The Morgan fingerprint density at radius 3 is 2.42 bits per heavy atom. The number of amidine groups is 1. The molecule has 3 aromatic heterocycles. The molecule has 0 aliphatic carbocycles. The monoisotopic (exact) mass is 412 g/mol. The van der Waals surface area contributed by atoms with Crippen molar-refractivity contribution in [2.45, 2.75) is 0 Å². The van der Waals surface area contributed by atoms with Gasteiger partial charge < -0.3 is 4.42 Å². The second-order valence-electron chi connectivity index (χ2n) is 6.24.